The van der Waals surface area contributed by atoms with Crippen molar-refractivity contribution in [1.29, 1.82) is 5.26 Å². The summed E-state index contributed by atoms with van der Waals surface area (Å²) < 4.78 is 16.1. The summed E-state index contributed by atoms with van der Waals surface area (Å²) in [6.45, 7) is 6.06. The Hall–Kier alpha value is -1.73. The van der Waals surface area contributed by atoms with Crippen molar-refractivity contribution in [3.8, 4) is 17.6 Å². The van der Waals surface area contributed by atoms with Crippen molar-refractivity contribution in [3.05, 3.63) is 23.8 Å². The highest BCUT2D eigenvalue weighted by atomic mass is 16.5. The Morgan fingerprint density at radius 1 is 1.06 bits per heavy atom. The minimum Gasteiger partial charge on any atom is -0.490 e. The molecule has 0 heterocycles. The van der Waals surface area contributed by atoms with Gasteiger partial charge >= 0.3 is 0 Å². The molecule has 0 bridgehead atoms. The van der Waals surface area contributed by atoms with E-state index >= 15 is 0 Å². The fourth-order valence-electron chi connectivity index (χ4n) is 1.32. The predicted octanol–water partition coefficient (Wildman–Crippen LogP) is 2.37. The van der Waals surface area contributed by atoms with Crippen molar-refractivity contribution in [1.82, 2.24) is 0 Å². The van der Waals surface area contributed by atoms with E-state index in [0.29, 0.717) is 43.5 Å². The van der Waals surface area contributed by atoms with Crippen LogP contribution in [0.25, 0.3) is 0 Å². The van der Waals surface area contributed by atoms with Crippen LogP contribution in [0.5, 0.6) is 11.5 Å². The van der Waals surface area contributed by atoms with E-state index in [1.807, 2.05) is 13.8 Å². The van der Waals surface area contributed by atoms with Crippen molar-refractivity contribution in [2.45, 2.75) is 13.8 Å². The second-order valence-electron chi connectivity index (χ2n) is 3.25. The van der Waals surface area contributed by atoms with Crippen molar-refractivity contribution in [2.24, 2.45) is 0 Å². The van der Waals surface area contributed by atoms with Crippen LogP contribution in [0.15, 0.2) is 18.2 Å². The van der Waals surface area contributed by atoms with Gasteiger partial charge in [-0.15, -0.1) is 0 Å². The summed E-state index contributed by atoms with van der Waals surface area (Å²) in [5.74, 6) is 1.24. The molecule has 4 heteroatoms. The molecule has 0 radical (unpaired) electrons. The zero-order chi connectivity index (χ0) is 12.5. The second-order valence-corrected chi connectivity index (χ2v) is 3.25. The summed E-state index contributed by atoms with van der Waals surface area (Å²) in [7, 11) is 0. The van der Waals surface area contributed by atoms with E-state index in [9.17, 15) is 0 Å². The zero-order valence-corrected chi connectivity index (χ0v) is 10.2. The molecule has 0 aliphatic heterocycles. The van der Waals surface area contributed by atoms with Gasteiger partial charge in [0.15, 0.2) is 11.5 Å². The third kappa shape index (κ3) is 4.33. The highest BCUT2D eigenvalue weighted by Gasteiger charge is 2.06. The summed E-state index contributed by atoms with van der Waals surface area (Å²) in [6.07, 6.45) is 0. The number of rotatable bonds is 7. The third-order valence-electron chi connectivity index (χ3n) is 2.06. The Bertz CT molecular complexity index is 385. The van der Waals surface area contributed by atoms with E-state index in [1.54, 1.807) is 18.2 Å². The Balaban J connectivity index is 2.66. The summed E-state index contributed by atoms with van der Waals surface area (Å²) >= 11 is 0. The van der Waals surface area contributed by atoms with Crippen LogP contribution in [0.3, 0.4) is 0 Å². The Kier molecular flexibility index (Phi) is 5.91. The zero-order valence-electron chi connectivity index (χ0n) is 10.2. The van der Waals surface area contributed by atoms with Gasteiger partial charge in [0, 0.05) is 12.7 Å². The van der Waals surface area contributed by atoms with Crippen LogP contribution in [0.1, 0.15) is 19.4 Å². The van der Waals surface area contributed by atoms with Crippen LogP contribution in [0.2, 0.25) is 0 Å². The molecular formula is C13H17NO3. The van der Waals surface area contributed by atoms with E-state index in [4.69, 9.17) is 19.5 Å². The fourth-order valence-corrected chi connectivity index (χ4v) is 1.32. The van der Waals surface area contributed by atoms with Crippen molar-refractivity contribution in [3.63, 3.8) is 0 Å². The predicted molar refractivity (Wildman–Crippen MR) is 64.3 cm³/mol. The van der Waals surface area contributed by atoms with Gasteiger partial charge in [-0.05, 0) is 26.0 Å². The number of hydrogen-bond donors (Lipinski definition) is 0. The van der Waals surface area contributed by atoms with Gasteiger partial charge in [0.05, 0.1) is 24.8 Å². The molecule has 0 atom stereocenters. The van der Waals surface area contributed by atoms with Crippen molar-refractivity contribution >= 4 is 0 Å². The van der Waals surface area contributed by atoms with Crippen molar-refractivity contribution in [2.75, 3.05) is 26.4 Å². The van der Waals surface area contributed by atoms with Gasteiger partial charge in [0.2, 0.25) is 0 Å². The number of nitriles is 1. The minimum atomic E-state index is 0.472. The molecule has 0 amide bonds. The average molecular weight is 235 g/mol. The topological polar surface area (TPSA) is 51.5 Å². The summed E-state index contributed by atoms with van der Waals surface area (Å²) in [5.41, 5.74) is 0.561. The van der Waals surface area contributed by atoms with Gasteiger partial charge in [0.1, 0.15) is 6.61 Å². The van der Waals surface area contributed by atoms with E-state index in [1.165, 1.54) is 0 Å². The van der Waals surface area contributed by atoms with Gasteiger partial charge < -0.3 is 14.2 Å². The van der Waals surface area contributed by atoms with E-state index in [0.717, 1.165) is 0 Å². The van der Waals surface area contributed by atoms with Crippen LogP contribution in [0.4, 0.5) is 0 Å². The Morgan fingerprint density at radius 2 is 1.88 bits per heavy atom. The quantitative estimate of drug-likeness (QED) is 0.681. The van der Waals surface area contributed by atoms with Gasteiger partial charge in [0.25, 0.3) is 0 Å². The molecule has 17 heavy (non-hydrogen) atoms. The molecule has 0 aromatic heterocycles. The summed E-state index contributed by atoms with van der Waals surface area (Å²) in [5, 5.41) is 8.80. The van der Waals surface area contributed by atoms with E-state index in [2.05, 4.69) is 6.07 Å². The fraction of sp³-hybridized carbons (Fsp3) is 0.462. The lowest BCUT2D eigenvalue weighted by Crippen LogP contribution is -2.07. The number of nitrogens with zero attached hydrogens (tertiary/aromatic N) is 1. The maximum absolute atomic E-state index is 8.80. The molecule has 92 valence electrons. The van der Waals surface area contributed by atoms with Crippen LogP contribution in [-0.2, 0) is 4.74 Å². The molecule has 0 spiro atoms. The van der Waals surface area contributed by atoms with E-state index in [-0.39, 0.29) is 0 Å². The largest absolute Gasteiger partial charge is 0.490 e. The monoisotopic (exact) mass is 235 g/mol. The molecule has 0 N–H and O–H groups in total. The van der Waals surface area contributed by atoms with E-state index < -0.39 is 0 Å². The molecule has 0 saturated carbocycles. The molecule has 0 aliphatic rings. The molecule has 0 saturated heterocycles. The summed E-state index contributed by atoms with van der Waals surface area (Å²) in [4.78, 5) is 0. The van der Waals surface area contributed by atoms with Gasteiger partial charge in [-0.3, -0.25) is 0 Å². The molecule has 1 rings (SSSR count). The van der Waals surface area contributed by atoms with Crippen LogP contribution in [-0.4, -0.2) is 26.4 Å². The minimum absolute atomic E-state index is 0.472. The molecule has 1 aromatic rings. The first-order valence-electron chi connectivity index (χ1n) is 5.69. The van der Waals surface area contributed by atoms with Crippen LogP contribution >= 0.6 is 0 Å². The normalized spacial score (nSPS) is 9.71. The summed E-state index contributed by atoms with van der Waals surface area (Å²) in [6, 6.07) is 7.20. The van der Waals surface area contributed by atoms with Crippen LogP contribution in [0, 0.1) is 11.3 Å². The van der Waals surface area contributed by atoms with Crippen LogP contribution < -0.4 is 9.47 Å². The SMILES string of the molecule is CCOCCOc1ccc(C#N)cc1OCC. The lowest BCUT2D eigenvalue weighted by atomic mass is 10.2. The highest BCUT2D eigenvalue weighted by Crippen LogP contribution is 2.28. The molecule has 0 fully saturated rings. The molecule has 0 aliphatic carbocycles. The molecular weight excluding hydrogens is 218 g/mol. The molecule has 0 unspecified atom stereocenters. The Morgan fingerprint density at radius 3 is 2.53 bits per heavy atom. The third-order valence-corrected chi connectivity index (χ3v) is 2.06. The number of ether oxygens (including phenoxy) is 3. The lowest BCUT2D eigenvalue weighted by Gasteiger charge is -2.11. The standard InChI is InChI=1S/C13H17NO3/c1-3-15-7-8-17-12-6-5-11(10-14)9-13(12)16-4-2/h5-6,9H,3-4,7-8H2,1-2H3. The molecule has 1 aromatic carbocycles. The second kappa shape index (κ2) is 7.53. The highest BCUT2D eigenvalue weighted by molar-refractivity contribution is 5.46. The Labute approximate surface area is 102 Å². The maximum atomic E-state index is 8.80. The number of hydrogen-bond acceptors (Lipinski definition) is 4. The first-order chi connectivity index (χ1) is 8.31. The smallest absolute Gasteiger partial charge is 0.162 e. The van der Waals surface area contributed by atoms with Gasteiger partial charge in [-0.25, -0.2) is 0 Å². The van der Waals surface area contributed by atoms with Gasteiger partial charge in [-0.2, -0.15) is 5.26 Å². The van der Waals surface area contributed by atoms with Crippen molar-refractivity contribution < 1.29 is 14.2 Å². The maximum Gasteiger partial charge on any atom is 0.162 e. The molecule has 4 nitrogen and oxygen atoms in total. The van der Waals surface area contributed by atoms with Gasteiger partial charge in [-0.1, -0.05) is 0 Å². The first-order valence-corrected chi connectivity index (χ1v) is 5.69. The first kappa shape index (κ1) is 13.3. The lowest BCUT2D eigenvalue weighted by molar-refractivity contribution is 0.108. The average Bonchev–Trinajstić information content (AvgIpc) is 2.36. The number of benzene rings is 1.